The van der Waals surface area contributed by atoms with Crippen LogP contribution in [0.5, 0.6) is 17.2 Å². The van der Waals surface area contributed by atoms with E-state index in [2.05, 4.69) is 9.58 Å². The summed E-state index contributed by atoms with van der Waals surface area (Å²) < 4.78 is 76.5. The van der Waals surface area contributed by atoms with Gasteiger partial charge in [-0.3, -0.25) is 0 Å². The Kier molecular flexibility index (Phi) is 4.00. The third-order valence-electron chi connectivity index (χ3n) is 3.48. The quantitative estimate of drug-likeness (QED) is 0.612. The van der Waals surface area contributed by atoms with Crippen molar-refractivity contribution in [2.75, 3.05) is 0 Å². The van der Waals surface area contributed by atoms with Crippen LogP contribution in [-0.2, 0) is 0 Å². The fourth-order valence-electron chi connectivity index (χ4n) is 2.45. The lowest BCUT2D eigenvalue weighted by Gasteiger charge is -2.15. The standard InChI is InChI=1S/C16H8F5NO3/c1-22-8-4-7(17)5-9(6-8)24-10-2-3-11-12(13(10)15(18)19)14(23)16(20,21)25-11/h2-6,14-15,23H. The van der Waals surface area contributed by atoms with Crippen LogP contribution in [0.1, 0.15) is 23.7 Å². The SMILES string of the molecule is [C-]#[N+]c1cc(F)cc(Oc2ccc3c(c2C(F)F)C(O)C(F)(F)O3)c1. The molecule has 0 bridgehead atoms. The molecule has 1 atom stereocenters. The van der Waals surface area contributed by atoms with Crippen molar-refractivity contribution in [3.05, 3.63) is 58.7 Å². The first-order chi connectivity index (χ1) is 11.7. The van der Waals surface area contributed by atoms with Crippen molar-refractivity contribution < 1.29 is 36.5 Å². The molecule has 4 nitrogen and oxygen atoms in total. The van der Waals surface area contributed by atoms with Gasteiger partial charge in [-0.2, -0.15) is 8.78 Å². The first kappa shape index (κ1) is 17.0. The first-order valence-corrected chi connectivity index (χ1v) is 6.78. The minimum absolute atomic E-state index is 0.135. The smallest absolute Gasteiger partial charge is 0.429 e. The molecule has 3 rings (SSSR count). The third kappa shape index (κ3) is 2.96. The maximum atomic E-state index is 13.4. The Morgan fingerprint density at radius 1 is 1.24 bits per heavy atom. The van der Waals surface area contributed by atoms with E-state index in [1.807, 2.05) is 0 Å². The second-order valence-electron chi connectivity index (χ2n) is 5.12. The highest BCUT2D eigenvalue weighted by Gasteiger charge is 2.52. The molecule has 1 heterocycles. The number of aliphatic hydroxyl groups is 1. The molecular weight excluding hydrogens is 349 g/mol. The van der Waals surface area contributed by atoms with Crippen molar-refractivity contribution in [1.82, 2.24) is 0 Å². The summed E-state index contributed by atoms with van der Waals surface area (Å²) in [6.45, 7) is 6.85. The second kappa shape index (κ2) is 5.89. The second-order valence-corrected chi connectivity index (χ2v) is 5.12. The minimum Gasteiger partial charge on any atom is -0.458 e. The molecule has 0 aliphatic carbocycles. The highest BCUT2D eigenvalue weighted by atomic mass is 19.3. The Balaban J connectivity index is 2.09. The fourth-order valence-corrected chi connectivity index (χ4v) is 2.45. The lowest BCUT2D eigenvalue weighted by atomic mass is 10.0. The molecule has 1 aliphatic heterocycles. The molecule has 25 heavy (non-hydrogen) atoms. The van der Waals surface area contributed by atoms with E-state index in [-0.39, 0.29) is 11.4 Å². The van der Waals surface area contributed by atoms with Crippen molar-refractivity contribution in [2.45, 2.75) is 18.6 Å². The number of rotatable bonds is 3. The van der Waals surface area contributed by atoms with Gasteiger partial charge in [-0.15, -0.1) is 0 Å². The largest absolute Gasteiger partial charge is 0.458 e. The molecule has 9 heteroatoms. The van der Waals surface area contributed by atoms with Gasteiger partial charge >= 0.3 is 6.11 Å². The molecule has 1 N–H and O–H groups in total. The van der Waals surface area contributed by atoms with E-state index in [1.54, 1.807) is 0 Å². The van der Waals surface area contributed by atoms with Gasteiger partial charge < -0.3 is 14.6 Å². The van der Waals surface area contributed by atoms with Crippen LogP contribution >= 0.6 is 0 Å². The van der Waals surface area contributed by atoms with Gasteiger partial charge in [-0.05, 0) is 24.3 Å². The average Bonchev–Trinajstić information content (AvgIpc) is 2.76. The van der Waals surface area contributed by atoms with Crippen LogP contribution in [0.2, 0.25) is 0 Å². The predicted molar refractivity (Wildman–Crippen MR) is 74.7 cm³/mol. The molecule has 0 radical (unpaired) electrons. The summed E-state index contributed by atoms with van der Waals surface area (Å²) in [5.74, 6) is -2.26. The van der Waals surface area contributed by atoms with Crippen LogP contribution in [0, 0.1) is 12.4 Å². The van der Waals surface area contributed by atoms with E-state index in [4.69, 9.17) is 11.3 Å². The molecular formula is C16H8F5NO3. The van der Waals surface area contributed by atoms with E-state index >= 15 is 0 Å². The van der Waals surface area contributed by atoms with Crippen molar-refractivity contribution in [3.63, 3.8) is 0 Å². The summed E-state index contributed by atoms with van der Waals surface area (Å²) in [6, 6.07) is 4.74. The number of halogens is 5. The van der Waals surface area contributed by atoms with Gasteiger partial charge in [0.15, 0.2) is 11.8 Å². The molecule has 0 spiro atoms. The molecule has 0 amide bonds. The molecule has 2 aromatic rings. The summed E-state index contributed by atoms with van der Waals surface area (Å²) in [5, 5.41) is 9.59. The summed E-state index contributed by atoms with van der Waals surface area (Å²) in [4.78, 5) is 3.00. The molecule has 0 saturated heterocycles. The number of nitrogens with zero attached hydrogens (tertiary/aromatic N) is 1. The van der Waals surface area contributed by atoms with Gasteiger partial charge in [0, 0.05) is 11.6 Å². The number of alkyl halides is 4. The van der Waals surface area contributed by atoms with Crippen molar-refractivity contribution >= 4 is 5.69 Å². The monoisotopic (exact) mass is 357 g/mol. The topological polar surface area (TPSA) is 43.0 Å². The van der Waals surface area contributed by atoms with E-state index in [0.29, 0.717) is 0 Å². The summed E-state index contributed by atoms with van der Waals surface area (Å²) in [7, 11) is 0. The van der Waals surface area contributed by atoms with Gasteiger partial charge in [0.05, 0.1) is 12.1 Å². The van der Waals surface area contributed by atoms with E-state index in [1.165, 1.54) is 0 Å². The zero-order valence-electron chi connectivity index (χ0n) is 12.1. The van der Waals surface area contributed by atoms with Gasteiger partial charge in [-0.25, -0.2) is 18.0 Å². The van der Waals surface area contributed by atoms with Crippen LogP contribution in [0.15, 0.2) is 30.3 Å². The van der Waals surface area contributed by atoms with Gasteiger partial charge in [0.2, 0.25) is 0 Å². The number of fused-ring (bicyclic) bond motifs is 1. The Morgan fingerprint density at radius 2 is 1.96 bits per heavy atom. The molecule has 1 aliphatic rings. The number of hydrogen-bond donors (Lipinski definition) is 1. The molecule has 2 aromatic carbocycles. The summed E-state index contributed by atoms with van der Waals surface area (Å²) in [6.07, 6.45) is -9.92. The molecule has 1 unspecified atom stereocenters. The Hall–Kier alpha value is -2.86. The predicted octanol–water partition coefficient (Wildman–Crippen LogP) is 5.12. The number of aliphatic hydroxyl groups excluding tert-OH is 1. The summed E-state index contributed by atoms with van der Waals surface area (Å²) in [5.41, 5.74) is -1.92. The van der Waals surface area contributed by atoms with E-state index in [0.717, 1.165) is 30.3 Å². The highest BCUT2D eigenvalue weighted by molar-refractivity contribution is 5.56. The highest BCUT2D eigenvalue weighted by Crippen LogP contribution is 2.51. The zero-order valence-corrected chi connectivity index (χ0v) is 12.1. The molecule has 0 aromatic heterocycles. The van der Waals surface area contributed by atoms with Crippen molar-refractivity contribution in [1.29, 1.82) is 0 Å². The van der Waals surface area contributed by atoms with Gasteiger partial charge in [0.1, 0.15) is 23.1 Å². The number of ether oxygens (including phenoxy) is 2. The minimum atomic E-state index is -4.05. The number of benzene rings is 2. The van der Waals surface area contributed by atoms with Gasteiger partial charge in [-0.1, -0.05) is 0 Å². The van der Waals surface area contributed by atoms with E-state index in [9.17, 15) is 27.1 Å². The lowest BCUT2D eigenvalue weighted by Crippen LogP contribution is -2.26. The fraction of sp³-hybridized carbons (Fsp3) is 0.188. The van der Waals surface area contributed by atoms with E-state index < -0.39 is 47.1 Å². The Bertz CT molecular complexity index is 879. The lowest BCUT2D eigenvalue weighted by molar-refractivity contribution is -0.224. The van der Waals surface area contributed by atoms with Gasteiger partial charge in [0.25, 0.3) is 6.43 Å². The van der Waals surface area contributed by atoms with Crippen LogP contribution in [0.3, 0.4) is 0 Å². The molecule has 0 fully saturated rings. The Morgan fingerprint density at radius 3 is 2.60 bits per heavy atom. The van der Waals surface area contributed by atoms with Crippen LogP contribution < -0.4 is 9.47 Å². The van der Waals surface area contributed by atoms with Crippen LogP contribution in [0.4, 0.5) is 27.6 Å². The average molecular weight is 357 g/mol. The number of hydrogen-bond acceptors (Lipinski definition) is 3. The van der Waals surface area contributed by atoms with Crippen LogP contribution in [0.25, 0.3) is 4.85 Å². The Labute approximate surface area is 137 Å². The van der Waals surface area contributed by atoms with Crippen LogP contribution in [-0.4, -0.2) is 11.2 Å². The molecule has 130 valence electrons. The van der Waals surface area contributed by atoms with Crippen molar-refractivity contribution in [3.8, 4) is 17.2 Å². The maximum Gasteiger partial charge on any atom is 0.429 e. The summed E-state index contributed by atoms with van der Waals surface area (Å²) >= 11 is 0. The van der Waals surface area contributed by atoms with Crippen molar-refractivity contribution in [2.24, 2.45) is 0 Å². The maximum absolute atomic E-state index is 13.4. The first-order valence-electron chi connectivity index (χ1n) is 6.78. The molecule has 0 saturated carbocycles. The third-order valence-corrected chi connectivity index (χ3v) is 3.48. The zero-order chi connectivity index (χ0) is 18.4. The normalized spacial score (nSPS) is 17.8.